The lowest BCUT2D eigenvalue weighted by molar-refractivity contribution is 0.0989. The predicted molar refractivity (Wildman–Crippen MR) is 63.7 cm³/mol. The number of nitrogens with two attached hydrogens (primary N) is 1. The van der Waals surface area contributed by atoms with E-state index in [1.807, 2.05) is 0 Å². The smallest absolute Gasteiger partial charge is 0.213 e. The van der Waals surface area contributed by atoms with E-state index in [2.05, 4.69) is 11.9 Å². The molecule has 0 aliphatic heterocycles. The highest BCUT2D eigenvalue weighted by Gasteiger charge is 2.02. The Kier molecular flexibility index (Phi) is 6.15. The monoisotopic (exact) mass is 244 g/mol. The summed E-state index contributed by atoms with van der Waals surface area (Å²) in [7, 11) is 0. The zero-order valence-corrected chi connectivity index (χ0v) is 10.2. The van der Waals surface area contributed by atoms with Gasteiger partial charge >= 0.3 is 0 Å². The Labute approximate surface area is 101 Å². The van der Waals surface area contributed by atoms with Crippen molar-refractivity contribution in [3.05, 3.63) is 22.8 Å². The van der Waals surface area contributed by atoms with Crippen LogP contribution >= 0.6 is 11.6 Å². The molecular weight excluding hydrogens is 228 g/mol. The van der Waals surface area contributed by atoms with Crippen molar-refractivity contribution in [3.63, 3.8) is 0 Å². The molecule has 0 amide bonds. The molecule has 1 aromatic rings. The normalized spacial score (nSPS) is 10.4. The summed E-state index contributed by atoms with van der Waals surface area (Å²) in [4.78, 5) is 4.17. The molecule has 0 aliphatic carbocycles. The molecule has 0 aromatic carbocycles. The summed E-state index contributed by atoms with van der Waals surface area (Å²) in [5.74, 6) is 0.532. The van der Waals surface area contributed by atoms with Gasteiger partial charge in [0.05, 0.1) is 17.3 Å². The summed E-state index contributed by atoms with van der Waals surface area (Å²) in [5, 5.41) is 0.567. The lowest BCUT2D eigenvalue weighted by Crippen LogP contribution is -2.09. The van der Waals surface area contributed by atoms with E-state index in [1.54, 1.807) is 12.1 Å². The van der Waals surface area contributed by atoms with Gasteiger partial charge in [0, 0.05) is 19.2 Å². The van der Waals surface area contributed by atoms with Crippen LogP contribution in [0.3, 0.4) is 0 Å². The Balaban J connectivity index is 2.36. The van der Waals surface area contributed by atoms with Crippen molar-refractivity contribution >= 4 is 11.6 Å². The van der Waals surface area contributed by atoms with Crippen molar-refractivity contribution in [1.82, 2.24) is 4.98 Å². The molecule has 0 saturated heterocycles. The van der Waals surface area contributed by atoms with E-state index in [-0.39, 0.29) is 0 Å². The summed E-state index contributed by atoms with van der Waals surface area (Å²) in [6.07, 6.45) is 1.01. The molecule has 16 heavy (non-hydrogen) atoms. The number of halogens is 1. The van der Waals surface area contributed by atoms with Crippen LogP contribution in [0.25, 0.3) is 0 Å². The Morgan fingerprint density at radius 3 is 2.81 bits per heavy atom. The number of rotatable bonds is 7. The van der Waals surface area contributed by atoms with Crippen LogP contribution in [-0.2, 0) is 11.3 Å². The number of pyridine rings is 1. The maximum atomic E-state index is 5.88. The van der Waals surface area contributed by atoms with Crippen molar-refractivity contribution in [2.24, 2.45) is 5.73 Å². The van der Waals surface area contributed by atoms with Gasteiger partial charge in [0.2, 0.25) is 5.88 Å². The SMILES string of the molecule is CCCOCCOc1ccc(Cl)c(CN)n1. The number of ether oxygens (including phenoxy) is 2. The minimum atomic E-state index is 0.308. The lowest BCUT2D eigenvalue weighted by atomic mass is 10.3. The third-order valence-electron chi connectivity index (χ3n) is 1.91. The Morgan fingerprint density at radius 1 is 1.31 bits per heavy atom. The molecule has 0 radical (unpaired) electrons. The number of hydrogen-bond donors (Lipinski definition) is 1. The van der Waals surface area contributed by atoms with Crippen LogP contribution in [0.15, 0.2) is 12.1 Å². The lowest BCUT2D eigenvalue weighted by Gasteiger charge is -2.07. The second-order valence-corrected chi connectivity index (χ2v) is 3.65. The van der Waals surface area contributed by atoms with E-state index in [1.165, 1.54) is 0 Å². The third-order valence-corrected chi connectivity index (χ3v) is 2.26. The fraction of sp³-hybridized carbons (Fsp3) is 0.545. The van der Waals surface area contributed by atoms with Gasteiger partial charge < -0.3 is 15.2 Å². The van der Waals surface area contributed by atoms with E-state index in [0.717, 1.165) is 13.0 Å². The van der Waals surface area contributed by atoms with Crippen molar-refractivity contribution < 1.29 is 9.47 Å². The van der Waals surface area contributed by atoms with E-state index in [4.69, 9.17) is 26.8 Å². The van der Waals surface area contributed by atoms with Crippen LogP contribution in [0, 0.1) is 0 Å². The fourth-order valence-corrected chi connectivity index (χ4v) is 1.32. The third kappa shape index (κ3) is 4.35. The first kappa shape index (κ1) is 13.2. The Hall–Kier alpha value is -0.840. The molecule has 0 aliphatic rings. The van der Waals surface area contributed by atoms with Gasteiger partial charge in [-0.1, -0.05) is 18.5 Å². The molecule has 0 bridgehead atoms. The number of nitrogens with zero attached hydrogens (tertiary/aromatic N) is 1. The molecule has 90 valence electrons. The standard InChI is InChI=1S/C11H17ClN2O2/c1-2-5-15-6-7-16-11-4-3-9(12)10(8-13)14-11/h3-4H,2,5-8,13H2,1H3. The van der Waals surface area contributed by atoms with E-state index >= 15 is 0 Å². The zero-order chi connectivity index (χ0) is 11.8. The first-order valence-corrected chi connectivity index (χ1v) is 5.71. The summed E-state index contributed by atoms with van der Waals surface area (Å²) in [6.45, 7) is 4.18. The van der Waals surface area contributed by atoms with Gasteiger partial charge in [-0.3, -0.25) is 0 Å². The minimum absolute atomic E-state index is 0.308. The van der Waals surface area contributed by atoms with E-state index in [0.29, 0.717) is 36.4 Å². The van der Waals surface area contributed by atoms with Gasteiger partial charge in [0.25, 0.3) is 0 Å². The van der Waals surface area contributed by atoms with Crippen molar-refractivity contribution in [2.75, 3.05) is 19.8 Å². The molecule has 0 saturated carbocycles. The molecule has 0 spiro atoms. The largest absolute Gasteiger partial charge is 0.475 e. The summed E-state index contributed by atoms with van der Waals surface area (Å²) >= 11 is 5.88. The zero-order valence-electron chi connectivity index (χ0n) is 9.41. The summed E-state index contributed by atoms with van der Waals surface area (Å²) < 4.78 is 10.7. The van der Waals surface area contributed by atoms with Crippen molar-refractivity contribution in [2.45, 2.75) is 19.9 Å². The first-order valence-electron chi connectivity index (χ1n) is 5.34. The molecular formula is C11H17ClN2O2. The van der Waals surface area contributed by atoms with Gasteiger partial charge in [-0.05, 0) is 12.5 Å². The van der Waals surface area contributed by atoms with Crippen molar-refractivity contribution in [1.29, 1.82) is 0 Å². The highest BCUT2D eigenvalue weighted by molar-refractivity contribution is 6.31. The average molecular weight is 245 g/mol. The molecule has 1 rings (SSSR count). The highest BCUT2D eigenvalue weighted by atomic mass is 35.5. The fourth-order valence-electron chi connectivity index (χ4n) is 1.14. The van der Waals surface area contributed by atoms with Crippen molar-refractivity contribution in [3.8, 4) is 5.88 Å². The molecule has 0 fully saturated rings. The Morgan fingerprint density at radius 2 is 2.12 bits per heavy atom. The average Bonchev–Trinajstić information content (AvgIpc) is 2.31. The molecule has 0 unspecified atom stereocenters. The Bertz CT molecular complexity index is 321. The molecule has 5 heteroatoms. The first-order chi connectivity index (χ1) is 7.77. The summed E-state index contributed by atoms with van der Waals surface area (Å²) in [5.41, 5.74) is 6.13. The van der Waals surface area contributed by atoms with Crippen LogP contribution in [-0.4, -0.2) is 24.8 Å². The number of aromatic nitrogens is 1. The maximum absolute atomic E-state index is 5.88. The molecule has 1 aromatic heterocycles. The van der Waals surface area contributed by atoms with Crippen LogP contribution < -0.4 is 10.5 Å². The van der Waals surface area contributed by atoms with Gasteiger partial charge in [-0.25, -0.2) is 4.98 Å². The van der Waals surface area contributed by atoms with Gasteiger partial charge in [0.1, 0.15) is 6.61 Å². The van der Waals surface area contributed by atoms with Crippen LogP contribution in [0.4, 0.5) is 0 Å². The van der Waals surface area contributed by atoms with E-state index in [9.17, 15) is 0 Å². The van der Waals surface area contributed by atoms with Crippen LogP contribution in [0.1, 0.15) is 19.0 Å². The molecule has 4 nitrogen and oxygen atoms in total. The minimum Gasteiger partial charge on any atom is -0.475 e. The molecule has 2 N–H and O–H groups in total. The predicted octanol–water partition coefficient (Wildman–Crippen LogP) is 2.00. The van der Waals surface area contributed by atoms with Gasteiger partial charge in [0.15, 0.2) is 0 Å². The quantitative estimate of drug-likeness (QED) is 0.746. The maximum Gasteiger partial charge on any atom is 0.213 e. The molecule has 0 atom stereocenters. The second-order valence-electron chi connectivity index (χ2n) is 3.24. The van der Waals surface area contributed by atoms with E-state index < -0.39 is 0 Å². The van der Waals surface area contributed by atoms with Crippen LogP contribution in [0.5, 0.6) is 5.88 Å². The van der Waals surface area contributed by atoms with Crippen LogP contribution in [0.2, 0.25) is 5.02 Å². The second kappa shape index (κ2) is 7.44. The van der Waals surface area contributed by atoms with Gasteiger partial charge in [-0.15, -0.1) is 0 Å². The topological polar surface area (TPSA) is 57.4 Å². The molecule has 1 heterocycles. The highest BCUT2D eigenvalue weighted by Crippen LogP contribution is 2.17. The summed E-state index contributed by atoms with van der Waals surface area (Å²) in [6, 6.07) is 3.46. The van der Waals surface area contributed by atoms with Gasteiger partial charge in [-0.2, -0.15) is 0 Å². The number of hydrogen-bond acceptors (Lipinski definition) is 4.